The summed E-state index contributed by atoms with van der Waals surface area (Å²) in [7, 11) is 2.85. The van der Waals surface area contributed by atoms with Gasteiger partial charge in [-0.2, -0.15) is 0 Å². The molecule has 2 rings (SSSR count). The molecule has 0 radical (unpaired) electrons. The maximum absolute atomic E-state index is 11.2. The minimum atomic E-state index is -0.357. The van der Waals surface area contributed by atoms with Crippen LogP contribution in [-0.4, -0.2) is 25.3 Å². The van der Waals surface area contributed by atoms with Crippen molar-refractivity contribution in [2.24, 2.45) is 0 Å². The number of carbonyl (C=O) groups is 1. The van der Waals surface area contributed by atoms with Gasteiger partial charge in [-0.1, -0.05) is 0 Å². The highest BCUT2D eigenvalue weighted by Gasteiger charge is 2.32. The van der Waals surface area contributed by atoms with Crippen LogP contribution in [0, 0.1) is 6.92 Å². The van der Waals surface area contributed by atoms with Crippen molar-refractivity contribution in [2.75, 3.05) is 14.2 Å². The number of fused-ring (bicyclic) bond motifs is 1. The average molecular weight is 224 g/mol. The molecular weight excluding hydrogens is 212 g/mol. The standard InChI is InChI=1S/C11H12O5/c1-5-6-4-7(12)16-9(6)11(15-3)10(14-2)8(5)13/h13H,4H2,1-3H3. The lowest BCUT2D eigenvalue weighted by Crippen LogP contribution is -2.01. The second-order valence-corrected chi connectivity index (χ2v) is 3.50. The van der Waals surface area contributed by atoms with Crippen molar-refractivity contribution in [1.29, 1.82) is 0 Å². The summed E-state index contributed by atoms with van der Waals surface area (Å²) >= 11 is 0. The van der Waals surface area contributed by atoms with Crippen molar-refractivity contribution in [2.45, 2.75) is 13.3 Å². The fourth-order valence-electron chi connectivity index (χ4n) is 1.82. The summed E-state index contributed by atoms with van der Waals surface area (Å²) in [6.07, 6.45) is 0.148. The van der Waals surface area contributed by atoms with Gasteiger partial charge in [0.2, 0.25) is 11.5 Å². The zero-order chi connectivity index (χ0) is 11.9. The van der Waals surface area contributed by atoms with E-state index in [9.17, 15) is 9.90 Å². The Morgan fingerprint density at radius 2 is 1.88 bits per heavy atom. The van der Waals surface area contributed by atoms with E-state index in [4.69, 9.17) is 14.2 Å². The lowest BCUT2D eigenvalue weighted by Gasteiger charge is -2.14. The largest absolute Gasteiger partial charge is 0.504 e. The van der Waals surface area contributed by atoms with Crippen molar-refractivity contribution >= 4 is 5.97 Å². The van der Waals surface area contributed by atoms with E-state index < -0.39 is 0 Å². The first-order valence-electron chi connectivity index (χ1n) is 4.77. The van der Waals surface area contributed by atoms with Crippen molar-refractivity contribution in [3.05, 3.63) is 11.1 Å². The van der Waals surface area contributed by atoms with Gasteiger partial charge < -0.3 is 19.3 Å². The Bertz CT molecular complexity index is 464. The number of rotatable bonds is 2. The average Bonchev–Trinajstić information content (AvgIpc) is 2.65. The van der Waals surface area contributed by atoms with E-state index in [0.29, 0.717) is 16.9 Å². The number of esters is 1. The maximum atomic E-state index is 11.2. The number of carbonyl (C=O) groups excluding carboxylic acids is 1. The molecule has 0 fully saturated rings. The summed E-state index contributed by atoms with van der Waals surface area (Å²) in [4.78, 5) is 11.2. The van der Waals surface area contributed by atoms with E-state index in [1.807, 2.05) is 0 Å². The highest BCUT2D eigenvalue weighted by atomic mass is 16.6. The van der Waals surface area contributed by atoms with E-state index in [0.717, 1.165) is 0 Å². The third-order valence-electron chi connectivity index (χ3n) is 2.65. The Kier molecular flexibility index (Phi) is 2.38. The van der Waals surface area contributed by atoms with Crippen molar-refractivity contribution in [3.8, 4) is 23.0 Å². The van der Waals surface area contributed by atoms with Gasteiger partial charge in [0.1, 0.15) is 0 Å². The zero-order valence-electron chi connectivity index (χ0n) is 9.29. The van der Waals surface area contributed by atoms with Crippen LogP contribution in [0.3, 0.4) is 0 Å². The van der Waals surface area contributed by atoms with Crippen LogP contribution in [0.2, 0.25) is 0 Å². The second-order valence-electron chi connectivity index (χ2n) is 3.50. The Labute approximate surface area is 92.5 Å². The quantitative estimate of drug-likeness (QED) is 0.603. The molecule has 1 heterocycles. The molecule has 0 bridgehead atoms. The molecule has 5 heteroatoms. The van der Waals surface area contributed by atoms with E-state index in [-0.39, 0.29) is 29.6 Å². The molecule has 0 amide bonds. The molecule has 0 aliphatic carbocycles. The molecule has 0 aromatic heterocycles. The van der Waals surface area contributed by atoms with Gasteiger partial charge in [-0.15, -0.1) is 0 Å². The fraction of sp³-hybridized carbons (Fsp3) is 0.364. The van der Waals surface area contributed by atoms with Crippen molar-refractivity contribution < 1.29 is 24.1 Å². The minimum absolute atomic E-state index is 0.0172. The molecule has 86 valence electrons. The summed E-state index contributed by atoms with van der Waals surface area (Å²) in [5.41, 5.74) is 1.23. The smallest absolute Gasteiger partial charge is 0.315 e. The molecule has 0 atom stereocenters. The number of benzene rings is 1. The predicted molar refractivity (Wildman–Crippen MR) is 55.3 cm³/mol. The zero-order valence-corrected chi connectivity index (χ0v) is 9.29. The molecule has 0 saturated carbocycles. The van der Waals surface area contributed by atoms with E-state index in [1.165, 1.54) is 14.2 Å². The van der Waals surface area contributed by atoms with Gasteiger partial charge in [-0.05, 0) is 6.92 Å². The normalized spacial score (nSPS) is 13.3. The lowest BCUT2D eigenvalue weighted by atomic mass is 10.0. The Morgan fingerprint density at radius 1 is 1.25 bits per heavy atom. The van der Waals surface area contributed by atoms with E-state index >= 15 is 0 Å². The molecule has 1 N–H and O–H groups in total. The first-order valence-corrected chi connectivity index (χ1v) is 4.77. The first kappa shape index (κ1) is 10.6. The Morgan fingerprint density at radius 3 is 2.44 bits per heavy atom. The lowest BCUT2D eigenvalue weighted by molar-refractivity contribution is -0.131. The molecule has 1 aromatic carbocycles. The third kappa shape index (κ3) is 1.28. The van der Waals surface area contributed by atoms with E-state index in [2.05, 4.69) is 0 Å². The molecule has 0 unspecified atom stereocenters. The molecule has 5 nitrogen and oxygen atoms in total. The second kappa shape index (κ2) is 3.59. The summed E-state index contributed by atoms with van der Waals surface area (Å²) in [5.74, 6) is 0.417. The van der Waals surface area contributed by atoms with Gasteiger partial charge >= 0.3 is 5.97 Å². The molecule has 1 aromatic rings. The molecular formula is C11H12O5. The highest BCUT2D eigenvalue weighted by Crippen LogP contribution is 2.50. The minimum Gasteiger partial charge on any atom is -0.504 e. The van der Waals surface area contributed by atoms with Gasteiger partial charge in [-0.25, -0.2) is 0 Å². The van der Waals surface area contributed by atoms with Crippen molar-refractivity contribution in [3.63, 3.8) is 0 Å². The number of hydrogen-bond acceptors (Lipinski definition) is 5. The number of methoxy groups -OCH3 is 2. The number of ether oxygens (including phenoxy) is 3. The number of aromatic hydroxyl groups is 1. The molecule has 0 spiro atoms. The van der Waals surface area contributed by atoms with Crippen LogP contribution < -0.4 is 14.2 Å². The van der Waals surface area contributed by atoms with Gasteiger partial charge in [0.15, 0.2) is 11.5 Å². The van der Waals surface area contributed by atoms with Crippen LogP contribution in [0.4, 0.5) is 0 Å². The molecule has 1 aliphatic heterocycles. The summed E-state index contributed by atoms with van der Waals surface area (Å²) in [5, 5.41) is 9.89. The van der Waals surface area contributed by atoms with Crippen LogP contribution in [0.15, 0.2) is 0 Å². The van der Waals surface area contributed by atoms with Crippen LogP contribution in [0.5, 0.6) is 23.0 Å². The summed E-state index contributed by atoms with van der Waals surface area (Å²) in [6, 6.07) is 0. The molecule has 16 heavy (non-hydrogen) atoms. The van der Waals surface area contributed by atoms with Crippen LogP contribution in [0.25, 0.3) is 0 Å². The van der Waals surface area contributed by atoms with Gasteiger partial charge in [0.25, 0.3) is 0 Å². The Hall–Kier alpha value is -1.91. The van der Waals surface area contributed by atoms with E-state index in [1.54, 1.807) is 6.92 Å². The van der Waals surface area contributed by atoms with Gasteiger partial charge in [0.05, 0.1) is 20.6 Å². The highest BCUT2D eigenvalue weighted by molar-refractivity contribution is 5.85. The SMILES string of the molecule is COc1c(O)c(C)c2c(c1OC)OC(=O)C2. The monoisotopic (exact) mass is 224 g/mol. The van der Waals surface area contributed by atoms with Crippen LogP contribution in [0.1, 0.15) is 11.1 Å². The third-order valence-corrected chi connectivity index (χ3v) is 2.65. The topological polar surface area (TPSA) is 65.0 Å². The number of phenols is 1. The molecule has 1 aliphatic rings. The number of phenolic OH excluding ortho intramolecular Hbond substituents is 1. The first-order chi connectivity index (χ1) is 7.60. The van der Waals surface area contributed by atoms with Crippen molar-refractivity contribution in [1.82, 2.24) is 0 Å². The summed E-state index contributed by atoms with van der Waals surface area (Å²) < 4.78 is 15.2. The van der Waals surface area contributed by atoms with Crippen LogP contribution in [-0.2, 0) is 11.2 Å². The van der Waals surface area contributed by atoms with Gasteiger partial charge in [-0.3, -0.25) is 4.79 Å². The Balaban J connectivity index is 2.74. The van der Waals surface area contributed by atoms with Crippen LogP contribution >= 0.6 is 0 Å². The van der Waals surface area contributed by atoms with Gasteiger partial charge in [0, 0.05) is 11.1 Å². The maximum Gasteiger partial charge on any atom is 0.315 e. The number of hydrogen-bond donors (Lipinski definition) is 1. The fourth-order valence-corrected chi connectivity index (χ4v) is 1.82. The summed E-state index contributed by atoms with van der Waals surface area (Å²) in [6.45, 7) is 1.71. The predicted octanol–water partition coefficient (Wildman–Crippen LogP) is 1.18. The molecule has 0 saturated heterocycles.